The molecule has 0 amide bonds. The van der Waals surface area contributed by atoms with E-state index in [1.165, 1.54) is 31.4 Å². The van der Waals surface area contributed by atoms with E-state index in [1.54, 1.807) is 0 Å². The van der Waals surface area contributed by atoms with E-state index in [2.05, 4.69) is 0 Å². The second-order valence-electron chi connectivity index (χ2n) is 4.38. The van der Waals surface area contributed by atoms with Crippen LogP contribution in [0.1, 0.15) is 37.7 Å². The van der Waals surface area contributed by atoms with Gasteiger partial charge in [-0.15, -0.1) is 0 Å². The summed E-state index contributed by atoms with van der Waals surface area (Å²) >= 11 is 0. The lowest BCUT2D eigenvalue weighted by Gasteiger charge is -2.23. The highest BCUT2D eigenvalue weighted by molar-refractivity contribution is 5.29. The Morgan fingerprint density at radius 1 is 1.19 bits per heavy atom. The molecule has 0 radical (unpaired) electrons. The Kier molecular flexibility index (Phi) is 3.78. The van der Waals surface area contributed by atoms with Gasteiger partial charge in [0.15, 0.2) is 0 Å². The van der Waals surface area contributed by atoms with E-state index in [4.69, 9.17) is 10.5 Å². The van der Waals surface area contributed by atoms with Crippen LogP contribution in [0, 0.1) is 5.82 Å². The predicted octanol–water partition coefficient (Wildman–Crippen LogP) is 3.00. The van der Waals surface area contributed by atoms with Crippen molar-refractivity contribution in [2.24, 2.45) is 5.73 Å². The molecule has 0 aliphatic heterocycles. The zero-order valence-electron chi connectivity index (χ0n) is 9.42. The lowest BCUT2D eigenvalue weighted by Crippen LogP contribution is -2.19. The third-order valence-electron chi connectivity index (χ3n) is 3.02. The van der Waals surface area contributed by atoms with Gasteiger partial charge in [0.05, 0.1) is 6.10 Å². The van der Waals surface area contributed by atoms with E-state index in [1.807, 2.05) is 6.07 Å². The minimum absolute atomic E-state index is 0.251. The number of halogens is 1. The summed E-state index contributed by atoms with van der Waals surface area (Å²) < 4.78 is 19.0. The van der Waals surface area contributed by atoms with Gasteiger partial charge in [-0.1, -0.05) is 6.42 Å². The Morgan fingerprint density at radius 3 is 2.62 bits per heavy atom. The van der Waals surface area contributed by atoms with E-state index >= 15 is 0 Å². The first kappa shape index (κ1) is 11.4. The van der Waals surface area contributed by atoms with Gasteiger partial charge in [0.2, 0.25) is 0 Å². The molecule has 16 heavy (non-hydrogen) atoms. The van der Waals surface area contributed by atoms with Gasteiger partial charge in [-0.05, 0) is 43.4 Å². The maximum atomic E-state index is 13.2. The molecule has 0 bridgehead atoms. The van der Waals surface area contributed by atoms with Crippen LogP contribution >= 0.6 is 0 Å². The maximum absolute atomic E-state index is 13.2. The van der Waals surface area contributed by atoms with Crippen LogP contribution in [0.2, 0.25) is 0 Å². The molecule has 1 aromatic rings. The first-order valence-electron chi connectivity index (χ1n) is 5.94. The fraction of sp³-hybridized carbons (Fsp3) is 0.538. The Hall–Kier alpha value is -1.09. The number of hydrogen-bond donors (Lipinski definition) is 1. The quantitative estimate of drug-likeness (QED) is 0.855. The van der Waals surface area contributed by atoms with Crippen LogP contribution < -0.4 is 10.5 Å². The van der Waals surface area contributed by atoms with Gasteiger partial charge in [0, 0.05) is 12.6 Å². The Labute approximate surface area is 95.6 Å². The molecule has 1 fully saturated rings. The summed E-state index contributed by atoms with van der Waals surface area (Å²) in [6.07, 6.45) is 6.12. The highest BCUT2D eigenvalue weighted by atomic mass is 19.1. The van der Waals surface area contributed by atoms with E-state index < -0.39 is 0 Å². The Morgan fingerprint density at radius 2 is 1.94 bits per heavy atom. The van der Waals surface area contributed by atoms with Crippen molar-refractivity contribution in [1.82, 2.24) is 0 Å². The molecule has 2 nitrogen and oxygen atoms in total. The molecule has 0 spiro atoms. The third kappa shape index (κ3) is 2.95. The Balaban J connectivity index is 2.04. The molecule has 2 N–H and O–H groups in total. The van der Waals surface area contributed by atoms with Crippen molar-refractivity contribution in [2.45, 2.75) is 44.8 Å². The zero-order chi connectivity index (χ0) is 11.4. The summed E-state index contributed by atoms with van der Waals surface area (Å²) in [7, 11) is 0. The maximum Gasteiger partial charge on any atom is 0.127 e. The molecular formula is C13H18FNO. The van der Waals surface area contributed by atoms with Crippen molar-refractivity contribution in [1.29, 1.82) is 0 Å². The highest BCUT2D eigenvalue weighted by Gasteiger charge is 2.15. The minimum Gasteiger partial charge on any atom is -0.490 e. The van der Waals surface area contributed by atoms with E-state index in [0.29, 0.717) is 12.3 Å². The van der Waals surface area contributed by atoms with E-state index in [0.717, 1.165) is 18.4 Å². The van der Waals surface area contributed by atoms with Crippen LogP contribution in [0.25, 0.3) is 0 Å². The number of rotatable bonds is 3. The molecule has 0 heterocycles. The van der Waals surface area contributed by atoms with Gasteiger partial charge >= 0.3 is 0 Å². The molecule has 2 rings (SSSR count). The smallest absolute Gasteiger partial charge is 0.127 e. The van der Waals surface area contributed by atoms with Crippen molar-refractivity contribution in [2.75, 3.05) is 0 Å². The monoisotopic (exact) mass is 223 g/mol. The van der Waals surface area contributed by atoms with Crippen LogP contribution in [0.5, 0.6) is 5.75 Å². The normalized spacial score (nSPS) is 17.4. The van der Waals surface area contributed by atoms with Gasteiger partial charge in [0.1, 0.15) is 11.6 Å². The predicted molar refractivity (Wildman–Crippen MR) is 61.8 cm³/mol. The molecule has 88 valence electrons. The number of ether oxygens (including phenoxy) is 1. The first-order valence-corrected chi connectivity index (χ1v) is 5.94. The molecule has 1 saturated carbocycles. The Bertz CT molecular complexity index is 348. The number of hydrogen-bond acceptors (Lipinski definition) is 2. The summed E-state index contributed by atoms with van der Waals surface area (Å²) in [6, 6.07) is 4.72. The summed E-state index contributed by atoms with van der Waals surface area (Å²) in [4.78, 5) is 0. The molecule has 1 aliphatic carbocycles. The van der Waals surface area contributed by atoms with E-state index in [-0.39, 0.29) is 11.9 Å². The second-order valence-corrected chi connectivity index (χ2v) is 4.38. The minimum atomic E-state index is -0.270. The number of nitrogens with two attached hydrogens (primary N) is 1. The van der Waals surface area contributed by atoms with Crippen LogP contribution in [0.4, 0.5) is 4.39 Å². The van der Waals surface area contributed by atoms with Crippen molar-refractivity contribution in [3.63, 3.8) is 0 Å². The molecular weight excluding hydrogens is 205 g/mol. The van der Waals surface area contributed by atoms with Gasteiger partial charge in [0.25, 0.3) is 0 Å². The van der Waals surface area contributed by atoms with Crippen molar-refractivity contribution < 1.29 is 9.13 Å². The third-order valence-corrected chi connectivity index (χ3v) is 3.02. The van der Waals surface area contributed by atoms with Crippen molar-refractivity contribution >= 4 is 0 Å². The van der Waals surface area contributed by atoms with Gasteiger partial charge in [-0.3, -0.25) is 0 Å². The van der Waals surface area contributed by atoms with Crippen molar-refractivity contribution in [3.8, 4) is 5.75 Å². The molecule has 0 aromatic heterocycles. The van der Waals surface area contributed by atoms with Gasteiger partial charge < -0.3 is 10.5 Å². The fourth-order valence-corrected chi connectivity index (χ4v) is 2.18. The molecule has 0 atom stereocenters. The standard InChI is InChI=1S/C13H18FNO/c14-11-6-10(9-15)7-13(8-11)16-12-4-2-1-3-5-12/h6-8,12H,1-5,9,15H2. The van der Waals surface area contributed by atoms with Crippen LogP contribution in [0.3, 0.4) is 0 Å². The second kappa shape index (κ2) is 5.30. The molecule has 3 heteroatoms. The summed E-state index contributed by atoms with van der Waals surface area (Å²) in [5.74, 6) is 0.348. The first-order chi connectivity index (χ1) is 7.78. The summed E-state index contributed by atoms with van der Waals surface area (Å²) in [5.41, 5.74) is 6.28. The summed E-state index contributed by atoms with van der Waals surface area (Å²) in [5, 5.41) is 0. The van der Waals surface area contributed by atoms with Crippen LogP contribution in [0.15, 0.2) is 18.2 Å². The molecule has 0 unspecified atom stereocenters. The van der Waals surface area contributed by atoms with Crippen LogP contribution in [-0.4, -0.2) is 6.10 Å². The van der Waals surface area contributed by atoms with Gasteiger partial charge in [-0.25, -0.2) is 4.39 Å². The largest absolute Gasteiger partial charge is 0.490 e. The van der Waals surface area contributed by atoms with Gasteiger partial charge in [-0.2, -0.15) is 0 Å². The summed E-state index contributed by atoms with van der Waals surface area (Å²) in [6.45, 7) is 0.346. The average Bonchev–Trinajstić information content (AvgIpc) is 2.29. The lowest BCUT2D eigenvalue weighted by atomic mass is 9.98. The molecule has 0 saturated heterocycles. The lowest BCUT2D eigenvalue weighted by molar-refractivity contribution is 0.154. The SMILES string of the molecule is NCc1cc(F)cc(OC2CCCCC2)c1. The fourth-order valence-electron chi connectivity index (χ4n) is 2.18. The van der Waals surface area contributed by atoms with E-state index in [9.17, 15) is 4.39 Å². The zero-order valence-corrected chi connectivity index (χ0v) is 9.42. The molecule has 1 aromatic carbocycles. The number of benzene rings is 1. The highest BCUT2D eigenvalue weighted by Crippen LogP contribution is 2.24. The topological polar surface area (TPSA) is 35.2 Å². The average molecular weight is 223 g/mol. The van der Waals surface area contributed by atoms with Crippen molar-refractivity contribution in [3.05, 3.63) is 29.6 Å². The molecule has 1 aliphatic rings. The van der Waals surface area contributed by atoms with Crippen LogP contribution in [-0.2, 0) is 6.54 Å².